The van der Waals surface area contributed by atoms with Crippen LogP contribution >= 0.6 is 0 Å². The first-order valence-corrected chi connectivity index (χ1v) is 7.47. The van der Waals surface area contributed by atoms with Gasteiger partial charge in [0, 0.05) is 23.0 Å². The maximum atomic E-state index is 12.6. The van der Waals surface area contributed by atoms with Crippen LogP contribution in [0.2, 0.25) is 0 Å². The number of furan rings is 1. The van der Waals surface area contributed by atoms with Gasteiger partial charge in [0.25, 0.3) is 5.91 Å². The maximum Gasteiger partial charge on any atom is 0.291 e. The monoisotopic (exact) mass is 318 g/mol. The fourth-order valence-electron chi connectivity index (χ4n) is 2.66. The van der Waals surface area contributed by atoms with E-state index >= 15 is 0 Å². The number of pyridine rings is 1. The average Bonchev–Trinajstić information content (AvgIpc) is 3.06. The summed E-state index contributed by atoms with van der Waals surface area (Å²) in [5, 5.41) is 4.63. The van der Waals surface area contributed by atoms with Crippen molar-refractivity contribution in [2.45, 2.75) is 0 Å². The van der Waals surface area contributed by atoms with Crippen LogP contribution in [0.4, 0.5) is 5.69 Å². The minimum absolute atomic E-state index is 0.253. The van der Waals surface area contributed by atoms with E-state index in [2.05, 4.69) is 10.3 Å². The van der Waals surface area contributed by atoms with Gasteiger partial charge in [0.15, 0.2) is 5.76 Å². The van der Waals surface area contributed by atoms with Crippen molar-refractivity contribution in [3.63, 3.8) is 0 Å². The Balaban J connectivity index is 1.74. The number of hydrogen-bond acceptors (Lipinski definition) is 4. The van der Waals surface area contributed by atoms with Gasteiger partial charge in [0.2, 0.25) is 0 Å². The fourth-order valence-corrected chi connectivity index (χ4v) is 2.66. The Labute approximate surface area is 137 Å². The van der Waals surface area contributed by atoms with E-state index in [9.17, 15) is 4.79 Å². The topological polar surface area (TPSA) is 64.4 Å². The van der Waals surface area contributed by atoms with Crippen LogP contribution in [-0.2, 0) is 0 Å². The van der Waals surface area contributed by atoms with Crippen molar-refractivity contribution in [2.24, 2.45) is 0 Å². The first kappa shape index (κ1) is 14.3. The van der Waals surface area contributed by atoms with Crippen LogP contribution in [0, 0.1) is 0 Å². The molecule has 5 heteroatoms. The van der Waals surface area contributed by atoms with E-state index in [1.807, 2.05) is 42.5 Å². The summed E-state index contributed by atoms with van der Waals surface area (Å²) in [6.07, 6.45) is 1.69. The molecular formula is C19H14N2O3. The summed E-state index contributed by atoms with van der Waals surface area (Å²) >= 11 is 0. The molecule has 0 aliphatic rings. The van der Waals surface area contributed by atoms with E-state index in [1.165, 1.54) is 0 Å². The third kappa shape index (κ3) is 2.46. The smallest absolute Gasteiger partial charge is 0.291 e. The van der Waals surface area contributed by atoms with Crippen LogP contribution < -0.4 is 10.1 Å². The van der Waals surface area contributed by atoms with Crippen molar-refractivity contribution >= 4 is 33.5 Å². The molecule has 5 nitrogen and oxygen atoms in total. The van der Waals surface area contributed by atoms with Crippen molar-refractivity contribution in [3.05, 3.63) is 66.6 Å². The number of carbonyl (C=O) groups excluding carboxylic acids is 1. The molecule has 0 fully saturated rings. The number of aromatic nitrogens is 1. The number of amides is 1. The second-order valence-corrected chi connectivity index (χ2v) is 5.35. The number of anilines is 1. The standard InChI is InChI=1S/C19H14N2O3/c1-23-14-9-13-6-4-8-20-18(13)15(11-14)21-19(22)17-10-12-5-2-3-7-16(12)24-17/h2-11H,1H3,(H,21,22). The molecule has 0 bridgehead atoms. The summed E-state index contributed by atoms with van der Waals surface area (Å²) in [7, 11) is 1.59. The number of nitrogens with zero attached hydrogens (tertiary/aromatic N) is 1. The van der Waals surface area contributed by atoms with E-state index in [0.717, 1.165) is 10.8 Å². The third-order valence-corrected chi connectivity index (χ3v) is 3.81. The molecule has 24 heavy (non-hydrogen) atoms. The lowest BCUT2D eigenvalue weighted by Gasteiger charge is -2.09. The third-order valence-electron chi connectivity index (χ3n) is 3.81. The number of nitrogens with one attached hydrogen (secondary N) is 1. The minimum atomic E-state index is -0.327. The van der Waals surface area contributed by atoms with Crippen molar-refractivity contribution in [1.82, 2.24) is 4.98 Å². The lowest BCUT2D eigenvalue weighted by molar-refractivity contribution is 0.0999. The van der Waals surface area contributed by atoms with Crippen LogP contribution in [0.5, 0.6) is 5.75 Å². The highest BCUT2D eigenvalue weighted by Crippen LogP contribution is 2.28. The predicted octanol–water partition coefficient (Wildman–Crippen LogP) is 4.24. The van der Waals surface area contributed by atoms with Crippen LogP contribution in [0.25, 0.3) is 21.9 Å². The van der Waals surface area contributed by atoms with Gasteiger partial charge < -0.3 is 14.5 Å². The maximum absolute atomic E-state index is 12.6. The highest BCUT2D eigenvalue weighted by molar-refractivity contribution is 6.08. The number of carbonyl (C=O) groups is 1. The minimum Gasteiger partial charge on any atom is -0.497 e. The number of benzene rings is 2. The average molecular weight is 318 g/mol. The molecule has 0 spiro atoms. The molecule has 4 rings (SSSR count). The lowest BCUT2D eigenvalue weighted by Crippen LogP contribution is -2.11. The molecule has 1 N–H and O–H groups in total. The number of methoxy groups -OCH3 is 1. The summed E-state index contributed by atoms with van der Waals surface area (Å²) in [6.45, 7) is 0. The van der Waals surface area contributed by atoms with Gasteiger partial charge in [0.1, 0.15) is 11.3 Å². The molecule has 0 radical (unpaired) electrons. The summed E-state index contributed by atoms with van der Waals surface area (Å²) in [6, 6.07) is 16.6. The normalized spacial score (nSPS) is 10.9. The molecule has 4 aromatic rings. The van der Waals surface area contributed by atoms with Crippen LogP contribution in [0.15, 0.2) is 65.2 Å². The summed E-state index contributed by atoms with van der Waals surface area (Å²) < 4.78 is 10.9. The quantitative estimate of drug-likeness (QED) is 0.613. The molecule has 0 saturated heterocycles. The summed E-state index contributed by atoms with van der Waals surface area (Å²) in [4.78, 5) is 16.9. The van der Waals surface area contributed by atoms with E-state index in [1.54, 1.807) is 25.4 Å². The van der Waals surface area contributed by atoms with Crippen molar-refractivity contribution in [3.8, 4) is 5.75 Å². The van der Waals surface area contributed by atoms with Gasteiger partial charge in [-0.15, -0.1) is 0 Å². The van der Waals surface area contributed by atoms with Gasteiger partial charge in [-0.2, -0.15) is 0 Å². The number of para-hydroxylation sites is 1. The number of fused-ring (bicyclic) bond motifs is 2. The second kappa shape index (κ2) is 5.70. The molecule has 118 valence electrons. The molecule has 2 aromatic heterocycles. The Bertz CT molecular complexity index is 1020. The SMILES string of the molecule is COc1cc(NC(=O)c2cc3ccccc3o2)c2ncccc2c1. The molecule has 0 aliphatic heterocycles. The highest BCUT2D eigenvalue weighted by Gasteiger charge is 2.15. The fraction of sp³-hybridized carbons (Fsp3) is 0.0526. The zero-order valence-corrected chi connectivity index (χ0v) is 12.9. The van der Waals surface area contributed by atoms with Gasteiger partial charge >= 0.3 is 0 Å². The zero-order chi connectivity index (χ0) is 16.5. The Morgan fingerprint density at radius 1 is 1.08 bits per heavy atom. The Hall–Kier alpha value is -3.34. The van der Waals surface area contributed by atoms with Crippen LogP contribution in [-0.4, -0.2) is 18.0 Å². The second-order valence-electron chi connectivity index (χ2n) is 5.35. The number of hydrogen-bond donors (Lipinski definition) is 1. The highest BCUT2D eigenvalue weighted by atomic mass is 16.5. The molecule has 2 heterocycles. The molecular weight excluding hydrogens is 304 g/mol. The summed E-state index contributed by atoms with van der Waals surface area (Å²) in [5.74, 6) is 0.574. The number of rotatable bonds is 3. The van der Waals surface area contributed by atoms with Gasteiger partial charge in [0.05, 0.1) is 18.3 Å². The zero-order valence-electron chi connectivity index (χ0n) is 12.9. The van der Waals surface area contributed by atoms with Gasteiger partial charge in [-0.05, 0) is 24.3 Å². The summed E-state index contributed by atoms with van der Waals surface area (Å²) in [5.41, 5.74) is 1.95. The molecule has 0 unspecified atom stereocenters. The Kier molecular flexibility index (Phi) is 3.39. The first-order valence-electron chi connectivity index (χ1n) is 7.47. The van der Waals surface area contributed by atoms with E-state index < -0.39 is 0 Å². The first-order chi connectivity index (χ1) is 11.7. The predicted molar refractivity (Wildman–Crippen MR) is 92.5 cm³/mol. The Morgan fingerprint density at radius 3 is 2.75 bits per heavy atom. The van der Waals surface area contributed by atoms with Crippen molar-refractivity contribution in [1.29, 1.82) is 0 Å². The molecule has 0 aliphatic carbocycles. The van der Waals surface area contributed by atoms with E-state index in [4.69, 9.17) is 9.15 Å². The molecule has 2 aromatic carbocycles. The largest absolute Gasteiger partial charge is 0.497 e. The van der Waals surface area contributed by atoms with E-state index in [-0.39, 0.29) is 11.7 Å². The van der Waals surface area contributed by atoms with Crippen LogP contribution in [0.3, 0.4) is 0 Å². The molecule has 0 saturated carbocycles. The number of ether oxygens (including phenoxy) is 1. The van der Waals surface area contributed by atoms with E-state index in [0.29, 0.717) is 22.5 Å². The molecule has 1 amide bonds. The van der Waals surface area contributed by atoms with Gasteiger partial charge in [-0.3, -0.25) is 9.78 Å². The van der Waals surface area contributed by atoms with Crippen molar-refractivity contribution < 1.29 is 13.9 Å². The Morgan fingerprint density at radius 2 is 1.92 bits per heavy atom. The van der Waals surface area contributed by atoms with Gasteiger partial charge in [-0.1, -0.05) is 24.3 Å². The molecule has 0 atom stereocenters. The van der Waals surface area contributed by atoms with Crippen LogP contribution in [0.1, 0.15) is 10.6 Å². The van der Waals surface area contributed by atoms with Gasteiger partial charge in [-0.25, -0.2) is 0 Å². The lowest BCUT2D eigenvalue weighted by atomic mass is 10.1. The van der Waals surface area contributed by atoms with Crippen molar-refractivity contribution in [2.75, 3.05) is 12.4 Å².